The summed E-state index contributed by atoms with van der Waals surface area (Å²) in [5.41, 5.74) is -0.423. The summed E-state index contributed by atoms with van der Waals surface area (Å²) < 4.78 is 5.03. The van der Waals surface area contributed by atoms with Crippen LogP contribution in [0.4, 0.5) is 0 Å². The topological polar surface area (TPSA) is 69.9 Å². The van der Waals surface area contributed by atoms with E-state index in [1.807, 2.05) is 0 Å². The number of rotatable bonds is 1. The van der Waals surface area contributed by atoms with Crippen LogP contribution in [0.1, 0.15) is 0 Å². The maximum Gasteiger partial charge on any atom is 0.131 e. The van der Waals surface area contributed by atoms with Crippen molar-refractivity contribution in [2.45, 2.75) is 23.7 Å². The van der Waals surface area contributed by atoms with Gasteiger partial charge in [0.1, 0.15) is 23.7 Å². The van der Waals surface area contributed by atoms with E-state index in [1.54, 1.807) is 6.26 Å². The van der Waals surface area contributed by atoms with E-state index in [2.05, 4.69) is 0 Å². The quantitative estimate of drug-likeness (QED) is 0.472. The zero-order chi connectivity index (χ0) is 8.43. The highest BCUT2D eigenvalue weighted by Crippen LogP contribution is 2.22. The van der Waals surface area contributed by atoms with Crippen molar-refractivity contribution < 1.29 is 20.1 Å². The van der Waals surface area contributed by atoms with Crippen molar-refractivity contribution in [1.82, 2.24) is 0 Å². The van der Waals surface area contributed by atoms with E-state index in [0.717, 1.165) is 0 Å². The van der Waals surface area contributed by atoms with Gasteiger partial charge < -0.3 is 20.1 Å². The third kappa shape index (κ3) is 1.86. The van der Waals surface area contributed by atoms with E-state index in [0.29, 0.717) is 0 Å². The Hall–Kier alpha value is 0.190. The van der Waals surface area contributed by atoms with Crippen LogP contribution >= 0.6 is 11.8 Å². The molecule has 4 atom stereocenters. The molecule has 0 aliphatic carbocycles. The molecule has 0 spiro atoms. The first-order chi connectivity index (χ1) is 5.16. The number of hydrogen-bond donors (Lipinski definition) is 3. The molecule has 0 saturated carbocycles. The molecule has 0 radical (unpaired) electrons. The van der Waals surface area contributed by atoms with Gasteiger partial charge in [-0.25, -0.2) is 0 Å². The van der Waals surface area contributed by atoms with Gasteiger partial charge in [-0.05, 0) is 6.26 Å². The van der Waals surface area contributed by atoms with Crippen molar-refractivity contribution in [1.29, 1.82) is 0 Å². The van der Waals surface area contributed by atoms with Gasteiger partial charge >= 0.3 is 0 Å². The molecule has 5 heteroatoms. The normalized spacial score (nSPS) is 45.8. The minimum Gasteiger partial charge on any atom is -0.388 e. The minimum absolute atomic E-state index is 0.0870. The van der Waals surface area contributed by atoms with Gasteiger partial charge in [0, 0.05) is 0 Å². The van der Waals surface area contributed by atoms with Gasteiger partial charge in [0.25, 0.3) is 0 Å². The smallest absolute Gasteiger partial charge is 0.131 e. The van der Waals surface area contributed by atoms with Crippen LogP contribution in [0, 0.1) is 0 Å². The van der Waals surface area contributed by atoms with E-state index >= 15 is 0 Å². The second-order valence-electron chi connectivity index (χ2n) is 2.49. The summed E-state index contributed by atoms with van der Waals surface area (Å²) in [6.45, 7) is 0.0870. The Morgan fingerprint density at radius 1 is 1.27 bits per heavy atom. The number of aliphatic hydroxyl groups excluding tert-OH is 3. The number of aliphatic hydroxyl groups is 3. The van der Waals surface area contributed by atoms with Gasteiger partial charge in [0.2, 0.25) is 0 Å². The van der Waals surface area contributed by atoms with E-state index in [-0.39, 0.29) is 6.61 Å². The molecule has 0 aromatic heterocycles. The summed E-state index contributed by atoms with van der Waals surface area (Å²) in [4.78, 5) is 0. The molecule has 0 bridgehead atoms. The summed E-state index contributed by atoms with van der Waals surface area (Å²) >= 11 is 1.32. The van der Waals surface area contributed by atoms with Crippen LogP contribution < -0.4 is 0 Å². The van der Waals surface area contributed by atoms with Crippen LogP contribution in [0.2, 0.25) is 0 Å². The summed E-state index contributed by atoms with van der Waals surface area (Å²) in [6.07, 6.45) is -1.26. The number of ether oxygens (including phenoxy) is 1. The van der Waals surface area contributed by atoms with E-state index < -0.39 is 23.7 Å². The first-order valence-corrected chi connectivity index (χ1v) is 4.64. The molecular formula is C6H12O4S. The Morgan fingerprint density at radius 2 is 1.91 bits per heavy atom. The summed E-state index contributed by atoms with van der Waals surface area (Å²) in [5.74, 6) is 0. The average Bonchev–Trinajstić information content (AvgIpc) is 2.01. The van der Waals surface area contributed by atoms with Gasteiger partial charge in [-0.15, -0.1) is 11.8 Å². The molecule has 0 aromatic carbocycles. The van der Waals surface area contributed by atoms with Crippen LogP contribution in [0.5, 0.6) is 0 Å². The Kier molecular flexibility index (Phi) is 3.15. The molecule has 66 valence electrons. The molecule has 1 heterocycles. The number of hydrogen-bond acceptors (Lipinski definition) is 5. The van der Waals surface area contributed by atoms with Crippen molar-refractivity contribution in [2.75, 3.05) is 12.9 Å². The lowest BCUT2D eigenvalue weighted by Crippen LogP contribution is -2.51. The van der Waals surface area contributed by atoms with Crippen molar-refractivity contribution in [3.8, 4) is 0 Å². The largest absolute Gasteiger partial charge is 0.388 e. The van der Waals surface area contributed by atoms with E-state index in [9.17, 15) is 5.11 Å². The Morgan fingerprint density at radius 3 is 2.45 bits per heavy atom. The van der Waals surface area contributed by atoms with E-state index in [4.69, 9.17) is 14.9 Å². The zero-order valence-corrected chi connectivity index (χ0v) is 6.99. The van der Waals surface area contributed by atoms with Gasteiger partial charge in [-0.1, -0.05) is 0 Å². The Labute approximate surface area is 69.2 Å². The minimum atomic E-state index is -1.08. The third-order valence-electron chi connectivity index (χ3n) is 1.69. The van der Waals surface area contributed by atoms with Crippen LogP contribution in [-0.2, 0) is 4.74 Å². The van der Waals surface area contributed by atoms with Gasteiger partial charge in [-0.2, -0.15) is 0 Å². The molecule has 0 aromatic rings. The fourth-order valence-electron chi connectivity index (χ4n) is 0.987. The van der Waals surface area contributed by atoms with Gasteiger partial charge in [0.15, 0.2) is 0 Å². The third-order valence-corrected chi connectivity index (χ3v) is 2.57. The average molecular weight is 180 g/mol. The molecule has 1 fully saturated rings. The summed E-state index contributed by atoms with van der Waals surface area (Å²) in [5, 5.41) is 27.4. The highest BCUT2D eigenvalue weighted by Gasteiger charge is 2.36. The van der Waals surface area contributed by atoms with Gasteiger partial charge in [0.05, 0.1) is 6.61 Å². The summed E-state index contributed by atoms with van der Waals surface area (Å²) in [7, 11) is 0. The molecule has 0 unspecified atom stereocenters. The maximum atomic E-state index is 9.25. The first kappa shape index (κ1) is 9.28. The molecular weight excluding hydrogens is 168 g/mol. The zero-order valence-electron chi connectivity index (χ0n) is 6.17. The number of thioether (sulfide) groups is 1. The lowest BCUT2D eigenvalue weighted by Gasteiger charge is -2.34. The van der Waals surface area contributed by atoms with Crippen molar-refractivity contribution >= 4 is 11.8 Å². The van der Waals surface area contributed by atoms with Crippen molar-refractivity contribution in [3.05, 3.63) is 0 Å². The molecule has 3 N–H and O–H groups in total. The predicted molar refractivity (Wildman–Crippen MR) is 41.3 cm³/mol. The fraction of sp³-hybridized carbons (Fsp3) is 1.00. The Bertz CT molecular complexity index is 130. The van der Waals surface area contributed by atoms with Crippen LogP contribution in [0.25, 0.3) is 0 Å². The monoisotopic (exact) mass is 180 g/mol. The molecule has 1 aliphatic rings. The van der Waals surface area contributed by atoms with E-state index in [1.165, 1.54) is 11.8 Å². The van der Waals surface area contributed by atoms with Crippen molar-refractivity contribution in [2.24, 2.45) is 0 Å². The molecule has 1 rings (SSSR count). The lowest BCUT2D eigenvalue weighted by atomic mass is 10.1. The van der Waals surface area contributed by atoms with Gasteiger partial charge in [-0.3, -0.25) is 0 Å². The molecule has 4 nitrogen and oxygen atoms in total. The second kappa shape index (κ2) is 3.73. The second-order valence-corrected chi connectivity index (χ2v) is 3.42. The maximum absolute atomic E-state index is 9.25. The van der Waals surface area contributed by atoms with Crippen LogP contribution in [0.3, 0.4) is 0 Å². The van der Waals surface area contributed by atoms with Crippen LogP contribution in [0.15, 0.2) is 0 Å². The Balaban J connectivity index is 2.52. The fourth-order valence-corrected chi connectivity index (χ4v) is 1.64. The molecule has 1 aliphatic heterocycles. The molecule has 1 saturated heterocycles. The predicted octanol–water partition coefficient (Wildman–Crippen LogP) is -1.21. The standard InChI is InChI=1S/C6H12O4S/c1-11-6-5(9)4(8)3(7)2-10-6/h3-9H,2H2,1H3/t3-,4-,5+,6-/m1/s1. The lowest BCUT2D eigenvalue weighted by molar-refractivity contribution is -0.161. The highest BCUT2D eigenvalue weighted by molar-refractivity contribution is 7.99. The molecule has 0 amide bonds. The molecule has 11 heavy (non-hydrogen) atoms. The van der Waals surface area contributed by atoms with Crippen LogP contribution in [-0.4, -0.2) is 51.9 Å². The highest BCUT2D eigenvalue weighted by atomic mass is 32.2. The summed E-state index contributed by atoms with van der Waals surface area (Å²) in [6, 6.07) is 0. The SMILES string of the molecule is CS[C@H]1OC[C@@H](O)[C@@H](O)[C@@H]1O. The van der Waals surface area contributed by atoms with Crippen molar-refractivity contribution in [3.63, 3.8) is 0 Å². The first-order valence-electron chi connectivity index (χ1n) is 3.35.